The first-order valence-electron chi connectivity index (χ1n) is 7.93. The zero-order chi connectivity index (χ0) is 17.1. The van der Waals surface area contributed by atoms with Crippen molar-refractivity contribution >= 4 is 34.3 Å². The molecule has 0 fully saturated rings. The van der Waals surface area contributed by atoms with Gasteiger partial charge in [0, 0.05) is 10.6 Å². The van der Waals surface area contributed by atoms with Crippen LogP contribution in [0, 0.1) is 6.92 Å². The van der Waals surface area contributed by atoms with Crippen molar-refractivity contribution in [3.63, 3.8) is 0 Å². The summed E-state index contributed by atoms with van der Waals surface area (Å²) in [6, 6.07) is 12.0. The molecule has 124 valence electrons. The zero-order valence-corrected chi connectivity index (χ0v) is 15.6. The van der Waals surface area contributed by atoms with Gasteiger partial charge in [-0.15, -0.1) is 22.7 Å². The van der Waals surface area contributed by atoms with E-state index in [-0.39, 0.29) is 5.91 Å². The van der Waals surface area contributed by atoms with Gasteiger partial charge in [0.25, 0.3) is 0 Å². The van der Waals surface area contributed by atoms with Crippen molar-refractivity contribution in [2.45, 2.75) is 33.1 Å². The van der Waals surface area contributed by atoms with Crippen LogP contribution in [-0.4, -0.2) is 10.9 Å². The highest BCUT2D eigenvalue weighted by Crippen LogP contribution is 2.32. The highest BCUT2D eigenvalue weighted by Gasteiger charge is 2.16. The first kappa shape index (κ1) is 16.9. The second kappa shape index (κ2) is 7.28. The zero-order valence-electron chi connectivity index (χ0n) is 14.0. The summed E-state index contributed by atoms with van der Waals surface area (Å²) in [5.41, 5.74) is 3.00. The predicted octanol–water partition coefficient (Wildman–Crippen LogP) is 5.48. The third kappa shape index (κ3) is 3.74. The molecule has 0 atom stereocenters. The minimum Gasteiger partial charge on any atom is -0.326 e. The van der Waals surface area contributed by atoms with Crippen molar-refractivity contribution in [1.29, 1.82) is 0 Å². The Morgan fingerprint density at radius 3 is 2.71 bits per heavy atom. The molecule has 0 saturated heterocycles. The fourth-order valence-electron chi connectivity index (χ4n) is 2.65. The van der Waals surface area contributed by atoms with E-state index >= 15 is 0 Å². The Kier molecular flexibility index (Phi) is 5.11. The minimum atomic E-state index is 0.00422. The van der Waals surface area contributed by atoms with Crippen molar-refractivity contribution in [3.05, 3.63) is 57.2 Å². The van der Waals surface area contributed by atoms with E-state index in [0.717, 1.165) is 31.7 Å². The maximum absolute atomic E-state index is 12.6. The van der Waals surface area contributed by atoms with E-state index in [1.165, 1.54) is 0 Å². The molecule has 1 N–H and O–H groups in total. The average molecular weight is 357 g/mol. The number of rotatable bonds is 5. The second-order valence-electron chi connectivity index (χ2n) is 5.95. The number of nitrogens with one attached hydrogen (secondary N) is 1. The van der Waals surface area contributed by atoms with Gasteiger partial charge in [-0.05, 0) is 35.9 Å². The molecule has 0 aliphatic rings. The molecular formula is C19H20N2OS2. The number of aromatic nitrogens is 1. The SMILES string of the molecule is Cc1nc(-c2cccs2)c(CC(=O)Nc2ccccc2C(C)C)s1. The van der Waals surface area contributed by atoms with Crippen LogP contribution >= 0.6 is 22.7 Å². The number of thiophene rings is 1. The number of amides is 1. The number of hydrogen-bond donors (Lipinski definition) is 1. The highest BCUT2D eigenvalue weighted by molar-refractivity contribution is 7.15. The Balaban J connectivity index is 1.79. The summed E-state index contributed by atoms with van der Waals surface area (Å²) in [5, 5.41) is 6.09. The maximum Gasteiger partial charge on any atom is 0.229 e. The summed E-state index contributed by atoms with van der Waals surface area (Å²) in [6.07, 6.45) is 0.352. The van der Waals surface area contributed by atoms with E-state index in [1.807, 2.05) is 36.6 Å². The Hall–Kier alpha value is -1.98. The number of hydrogen-bond acceptors (Lipinski definition) is 4. The first-order chi connectivity index (χ1) is 11.5. The number of thiazole rings is 1. The normalized spacial score (nSPS) is 11.0. The van der Waals surface area contributed by atoms with Gasteiger partial charge in [-0.25, -0.2) is 4.98 Å². The second-order valence-corrected chi connectivity index (χ2v) is 8.18. The number of carbonyl (C=O) groups is 1. The van der Waals surface area contributed by atoms with E-state index in [9.17, 15) is 4.79 Å². The fourth-order valence-corrected chi connectivity index (χ4v) is 4.40. The van der Waals surface area contributed by atoms with Crippen LogP contribution in [-0.2, 0) is 11.2 Å². The van der Waals surface area contributed by atoms with Gasteiger partial charge >= 0.3 is 0 Å². The molecule has 0 spiro atoms. The lowest BCUT2D eigenvalue weighted by molar-refractivity contribution is -0.115. The Morgan fingerprint density at radius 2 is 2.00 bits per heavy atom. The number of carbonyl (C=O) groups excluding carboxylic acids is 1. The van der Waals surface area contributed by atoms with Gasteiger partial charge in [0.15, 0.2) is 0 Å². The number of benzene rings is 1. The van der Waals surface area contributed by atoms with Crippen LogP contribution in [0.2, 0.25) is 0 Å². The van der Waals surface area contributed by atoms with Crippen molar-refractivity contribution in [2.75, 3.05) is 5.32 Å². The third-order valence-corrected chi connectivity index (χ3v) is 5.58. The fraction of sp³-hybridized carbons (Fsp3) is 0.263. The van der Waals surface area contributed by atoms with Crippen LogP contribution in [0.15, 0.2) is 41.8 Å². The van der Waals surface area contributed by atoms with Gasteiger partial charge in [-0.1, -0.05) is 38.1 Å². The lowest BCUT2D eigenvalue weighted by atomic mass is 10.0. The van der Waals surface area contributed by atoms with E-state index in [1.54, 1.807) is 22.7 Å². The lowest BCUT2D eigenvalue weighted by Crippen LogP contribution is -2.15. The largest absolute Gasteiger partial charge is 0.326 e. The summed E-state index contributed by atoms with van der Waals surface area (Å²) in [4.78, 5) is 19.3. The van der Waals surface area contributed by atoms with Crippen LogP contribution in [0.3, 0.4) is 0 Å². The van der Waals surface area contributed by atoms with Crippen LogP contribution < -0.4 is 5.32 Å². The molecule has 3 aromatic rings. The molecule has 24 heavy (non-hydrogen) atoms. The molecule has 2 heterocycles. The van der Waals surface area contributed by atoms with Crippen LogP contribution in [0.4, 0.5) is 5.69 Å². The van der Waals surface area contributed by atoms with Gasteiger partial charge in [-0.3, -0.25) is 4.79 Å². The summed E-state index contributed by atoms with van der Waals surface area (Å²) in [5.74, 6) is 0.374. The van der Waals surface area contributed by atoms with E-state index in [2.05, 4.69) is 36.3 Å². The molecule has 2 aromatic heterocycles. The standard InChI is InChI=1S/C19H20N2OS2/c1-12(2)14-7-4-5-8-15(14)21-18(22)11-17-19(20-13(3)24-17)16-9-6-10-23-16/h4-10,12H,11H2,1-3H3,(H,21,22). The van der Waals surface area contributed by atoms with E-state index in [4.69, 9.17) is 0 Å². The summed E-state index contributed by atoms with van der Waals surface area (Å²) in [6.45, 7) is 6.25. The third-order valence-electron chi connectivity index (χ3n) is 3.74. The molecule has 1 aromatic carbocycles. The molecule has 0 aliphatic heterocycles. The highest BCUT2D eigenvalue weighted by atomic mass is 32.1. The molecule has 1 amide bonds. The van der Waals surface area contributed by atoms with E-state index in [0.29, 0.717) is 12.3 Å². The number of anilines is 1. The molecular weight excluding hydrogens is 336 g/mol. The summed E-state index contributed by atoms with van der Waals surface area (Å²) in [7, 11) is 0. The molecule has 0 bridgehead atoms. The van der Waals surface area contributed by atoms with Crippen LogP contribution in [0.1, 0.15) is 35.2 Å². The van der Waals surface area contributed by atoms with Gasteiger partial charge < -0.3 is 5.32 Å². The Labute approximate surface area is 150 Å². The topological polar surface area (TPSA) is 42.0 Å². The monoisotopic (exact) mass is 356 g/mol. The molecule has 0 aliphatic carbocycles. The number of aryl methyl sites for hydroxylation is 1. The lowest BCUT2D eigenvalue weighted by Gasteiger charge is -2.13. The van der Waals surface area contributed by atoms with Crippen LogP contribution in [0.5, 0.6) is 0 Å². The molecule has 3 nitrogen and oxygen atoms in total. The summed E-state index contributed by atoms with van der Waals surface area (Å²) < 4.78 is 0. The smallest absolute Gasteiger partial charge is 0.229 e. The van der Waals surface area contributed by atoms with E-state index < -0.39 is 0 Å². The van der Waals surface area contributed by atoms with Gasteiger partial charge in [-0.2, -0.15) is 0 Å². The molecule has 3 rings (SSSR count). The summed E-state index contributed by atoms with van der Waals surface area (Å²) >= 11 is 3.25. The average Bonchev–Trinajstić information content (AvgIpc) is 3.17. The van der Waals surface area contributed by atoms with Gasteiger partial charge in [0.05, 0.1) is 22.0 Å². The van der Waals surface area contributed by atoms with Crippen LogP contribution in [0.25, 0.3) is 10.6 Å². The molecule has 0 saturated carbocycles. The molecule has 0 unspecified atom stereocenters. The quantitative estimate of drug-likeness (QED) is 0.657. The number of para-hydroxylation sites is 1. The van der Waals surface area contributed by atoms with Gasteiger partial charge in [0.2, 0.25) is 5.91 Å². The Morgan fingerprint density at radius 1 is 1.21 bits per heavy atom. The number of nitrogens with zero attached hydrogens (tertiary/aromatic N) is 1. The molecule has 0 radical (unpaired) electrons. The molecule has 5 heteroatoms. The first-order valence-corrected chi connectivity index (χ1v) is 9.63. The van der Waals surface area contributed by atoms with Crippen molar-refractivity contribution in [1.82, 2.24) is 4.98 Å². The van der Waals surface area contributed by atoms with Crippen molar-refractivity contribution in [2.24, 2.45) is 0 Å². The van der Waals surface area contributed by atoms with Crippen molar-refractivity contribution < 1.29 is 4.79 Å². The Bertz CT molecular complexity index is 835. The maximum atomic E-state index is 12.6. The minimum absolute atomic E-state index is 0.00422. The predicted molar refractivity (Wildman–Crippen MR) is 103 cm³/mol. The van der Waals surface area contributed by atoms with Gasteiger partial charge in [0.1, 0.15) is 0 Å². The van der Waals surface area contributed by atoms with Crippen molar-refractivity contribution in [3.8, 4) is 10.6 Å².